The molecule has 8 heteroatoms. The molecule has 0 radical (unpaired) electrons. The number of nitrogens with zero attached hydrogens (tertiary/aromatic N) is 2. The molecule has 30 heavy (non-hydrogen) atoms. The quantitative estimate of drug-likeness (QED) is 0.627. The Balaban J connectivity index is 1.63. The molecule has 1 unspecified atom stereocenters. The highest BCUT2D eigenvalue weighted by atomic mass is 19.1. The molecule has 154 valence electrons. The van der Waals surface area contributed by atoms with Crippen LogP contribution in [0.3, 0.4) is 0 Å². The number of carbonyl (C=O) groups is 2. The van der Waals surface area contributed by atoms with Crippen LogP contribution in [0.15, 0.2) is 71.8 Å². The van der Waals surface area contributed by atoms with Crippen molar-refractivity contribution in [1.82, 2.24) is 20.2 Å². The monoisotopic (exact) mass is 408 g/mol. The number of pyridine rings is 2. The molecule has 0 aliphatic carbocycles. The highest BCUT2D eigenvalue weighted by Crippen LogP contribution is 2.07. The van der Waals surface area contributed by atoms with E-state index in [0.717, 1.165) is 0 Å². The first-order chi connectivity index (χ1) is 14.4. The van der Waals surface area contributed by atoms with Gasteiger partial charge in [0.05, 0.1) is 11.7 Å². The number of hydrogen-bond acceptors (Lipinski definition) is 4. The van der Waals surface area contributed by atoms with Crippen molar-refractivity contribution < 1.29 is 14.0 Å². The molecule has 2 aromatic heterocycles. The van der Waals surface area contributed by atoms with Crippen molar-refractivity contribution in [3.8, 4) is 0 Å². The maximum Gasteiger partial charge on any atom is 0.263 e. The predicted octanol–water partition coefficient (Wildman–Crippen LogP) is 2.19. The molecule has 0 saturated carbocycles. The van der Waals surface area contributed by atoms with Gasteiger partial charge in [0.25, 0.3) is 11.5 Å². The van der Waals surface area contributed by atoms with E-state index in [1.807, 2.05) is 6.07 Å². The van der Waals surface area contributed by atoms with E-state index in [0.29, 0.717) is 11.3 Å². The summed E-state index contributed by atoms with van der Waals surface area (Å²) in [6, 6.07) is 13.7. The minimum Gasteiger partial charge on any atom is -0.348 e. The summed E-state index contributed by atoms with van der Waals surface area (Å²) in [7, 11) is 0. The van der Waals surface area contributed by atoms with E-state index < -0.39 is 11.5 Å². The number of carbonyl (C=O) groups excluding carboxylic acids is 2. The molecule has 0 saturated heterocycles. The van der Waals surface area contributed by atoms with Crippen molar-refractivity contribution in [3.05, 3.63) is 100.0 Å². The van der Waals surface area contributed by atoms with Crippen LogP contribution in [0.4, 0.5) is 4.39 Å². The molecule has 0 aliphatic rings. The van der Waals surface area contributed by atoms with Crippen molar-refractivity contribution in [2.24, 2.45) is 0 Å². The molecule has 1 atom stereocenters. The first-order valence-electron chi connectivity index (χ1n) is 9.36. The van der Waals surface area contributed by atoms with Gasteiger partial charge in [-0.15, -0.1) is 0 Å². The minimum atomic E-state index is -0.574. The lowest BCUT2D eigenvalue weighted by atomic mass is 10.2. The summed E-state index contributed by atoms with van der Waals surface area (Å²) >= 11 is 0. The Kier molecular flexibility index (Phi) is 6.69. The summed E-state index contributed by atoms with van der Waals surface area (Å²) in [4.78, 5) is 41.5. The fraction of sp³-hybridized carbons (Fsp3) is 0.182. The van der Waals surface area contributed by atoms with Gasteiger partial charge in [0.15, 0.2) is 0 Å². The molecule has 2 heterocycles. The zero-order valence-corrected chi connectivity index (χ0v) is 16.3. The molecular formula is C22H21FN4O3. The summed E-state index contributed by atoms with van der Waals surface area (Å²) in [6.45, 7) is 1.72. The number of rotatable bonds is 7. The Morgan fingerprint density at radius 3 is 2.57 bits per heavy atom. The molecule has 7 nitrogen and oxygen atoms in total. The van der Waals surface area contributed by atoms with Gasteiger partial charge in [0.2, 0.25) is 5.91 Å². The van der Waals surface area contributed by atoms with E-state index in [4.69, 9.17) is 0 Å². The molecule has 0 aliphatic heterocycles. The van der Waals surface area contributed by atoms with E-state index in [1.165, 1.54) is 35.0 Å². The maximum atomic E-state index is 13.0. The Morgan fingerprint density at radius 1 is 1.10 bits per heavy atom. The third kappa shape index (κ3) is 5.38. The molecule has 3 rings (SSSR count). The topological polar surface area (TPSA) is 93.1 Å². The Hall–Kier alpha value is -3.81. The first kappa shape index (κ1) is 20.9. The summed E-state index contributed by atoms with van der Waals surface area (Å²) in [5.41, 5.74) is 0.746. The number of aromatic nitrogens is 2. The van der Waals surface area contributed by atoms with Crippen molar-refractivity contribution in [3.63, 3.8) is 0 Å². The average Bonchev–Trinajstić information content (AvgIpc) is 2.75. The Bertz CT molecular complexity index is 1080. The van der Waals surface area contributed by atoms with Gasteiger partial charge in [-0.2, -0.15) is 0 Å². The van der Waals surface area contributed by atoms with Gasteiger partial charge in [-0.25, -0.2) is 4.39 Å². The van der Waals surface area contributed by atoms with Crippen LogP contribution in [0.25, 0.3) is 0 Å². The average molecular weight is 408 g/mol. The lowest BCUT2D eigenvalue weighted by Crippen LogP contribution is -2.37. The van der Waals surface area contributed by atoms with Gasteiger partial charge < -0.3 is 15.2 Å². The fourth-order valence-electron chi connectivity index (χ4n) is 2.86. The van der Waals surface area contributed by atoms with Gasteiger partial charge in [0, 0.05) is 18.9 Å². The number of hydrogen-bond donors (Lipinski definition) is 2. The van der Waals surface area contributed by atoms with E-state index in [1.54, 1.807) is 37.4 Å². The largest absolute Gasteiger partial charge is 0.348 e. The normalized spacial score (nSPS) is 11.5. The molecule has 1 aromatic carbocycles. The van der Waals surface area contributed by atoms with Crippen LogP contribution in [0, 0.1) is 5.82 Å². The fourth-order valence-corrected chi connectivity index (χ4v) is 2.86. The summed E-state index contributed by atoms with van der Waals surface area (Å²) in [5.74, 6) is -1.31. The number of nitrogens with one attached hydrogen (secondary N) is 2. The lowest BCUT2D eigenvalue weighted by molar-refractivity contribution is -0.122. The van der Waals surface area contributed by atoms with Crippen molar-refractivity contribution >= 4 is 11.8 Å². The van der Waals surface area contributed by atoms with Gasteiger partial charge in [-0.1, -0.05) is 18.2 Å². The van der Waals surface area contributed by atoms with E-state index in [-0.39, 0.29) is 36.4 Å². The van der Waals surface area contributed by atoms with Crippen LogP contribution in [-0.2, 0) is 17.9 Å². The van der Waals surface area contributed by atoms with Gasteiger partial charge >= 0.3 is 0 Å². The molecular weight excluding hydrogens is 387 g/mol. The summed E-state index contributed by atoms with van der Waals surface area (Å²) in [5, 5.41) is 5.41. The van der Waals surface area contributed by atoms with E-state index in [9.17, 15) is 18.8 Å². The molecule has 2 N–H and O–H groups in total. The van der Waals surface area contributed by atoms with Crippen molar-refractivity contribution in [2.45, 2.75) is 26.1 Å². The molecule has 3 aromatic rings. The minimum absolute atomic E-state index is 0.0785. The van der Waals surface area contributed by atoms with Gasteiger partial charge in [-0.3, -0.25) is 19.4 Å². The third-order valence-corrected chi connectivity index (χ3v) is 4.45. The zero-order chi connectivity index (χ0) is 21.5. The van der Waals surface area contributed by atoms with E-state index >= 15 is 0 Å². The number of benzene rings is 1. The number of halogens is 1. The Morgan fingerprint density at radius 2 is 1.87 bits per heavy atom. The molecule has 0 bridgehead atoms. The lowest BCUT2D eigenvalue weighted by Gasteiger charge is -2.14. The van der Waals surface area contributed by atoms with Crippen LogP contribution >= 0.6 is 0 Å². The second-order valence-electron chi connectivity index (χ2n) is 6.71. The first-order valence-corrected chi connectivity index (χ1v) is 9.36. The zero-order valence-electron chi connectivity index (χ0n) is 16.3. The van der Waals surface area contributed by atoms with Gasteiger partial charge in [-0.05, 0) is 48.9 Å². The van der Waals surface area contributed by atoms with Crippen molar-refractivity contribution in [2.75, 3.05) is 0 Å². The summed E-state index contributed by atoms with van der Waals surface area (Å²) in [6.07, 6.45) is 3.08. The SMILES string of the molecule is CC(NC(=O)Cn1cccc(C(=O)NCc2ccc(F)cc2)c1=O)c1ccccn1. The molecule has 0 fully saturated rings. The van der Waals surface area contributed by atoms with E-state index in [2.05, 4.69) is 15.6 Å². The standard InChI is InChI=1S/C22H21FN4O3/c1-15(19-6-2-3-11-24-19)26-20(28)14-27-12-4-5-18(22(27)30)21(29)25-13-16-7-9-17(23)10-8-16/h2-12,15H,13-14H2,1H3,(H,25,29)(H,26,28). The second-order valence-corrected chi connectivity index (χ2v) is 6.71. The van der Waals surface area contributed by atoms with Crippen LogP contribution < -0.4 is 16.2 Å². The second kappa shape index (κ2) is 9.60. The van der Waals surface area contributed by atoms with Crippen LogP contribution in [0.2, 0.25) is 0 Å². The summed E-state index contributed by atoms with van der Waals surface area (Å²) < 4.78 is 14.1. The number of amides is 2. The highest BCUT2D eigenvalue weighted by molar-refractivity contribution is 5.93. The van der Waals surface area contributed by atoms with Crippen LogP contribution in [0.5, 0.6) is 0 Å². The smallest absolute Gasteiger partial charge is 0.263 e. The highest BCUT2D eigenvalue weighted by Gasteiger charge is 2.15. The Labute approximate surface area is 172 Å². The van der Waals surface area contributed by atoms with Crippen LogP contribution in [-0.4, -0.2) is 21.4 Å². The molecule has 2 amide bonds. The third-order valence-electron chi connectivity index (χ3n) is 4.45. The molecule has 0 spiro atoms. The van der Waals surface area contributed by atoms with Crippen molar-refractivity contribution in [1.29, 1.82) is 0 Å². The predicted molar refractivity (Wildman–Crippen MR) is 109 cm³/mol. The maximum absolute atomic E-state index is 13.0. The van der Waals surface area contributed by atoms with Gasteiger partial charge in [0.1, 0.15) is 17.9 Å². The van der Waals surface area contributed by atoms with Crippen LogP contribution in [0.1, 0.15) is 34.6 Å².